The minimum atomic E-state index is -2.84. The summed E-state index contributed by atoms with van der Waals surface area (Å²) in [5.41, 5.74) is 3.32. The number of hydrogen-bond donors (Lipinski definition) is 1. The van der Waals surface area contributed by atoms with Gasteiger partial charge in [0, 0.05) is 12.1 Å². The van der Waals surface area contributed by atoms with Crippen molar-refractivity contribution in [2.45, 2.75) is 12.2 Å². The average Bonchev–Trinajstić information content (AvgIpc) is 2.03. The Labute approximate surface area is 72.2 Å². The summed E-state index contributed by atoms with van der Waals surface area (Å²) in [4.78, 5) is 0. The van der Waals surface area contributed by atoms with Crippen molar-refractivity contribution in [3.63, 3.8) is 0 Å². The Morgan fingerprint density at radius 2 is 1.75 bits per heavy atom. The molecule has 0 aliphatic rings. The van der Waals surface area contributed by atoms with Crippen LogP contribution in [-0.4, -0.2) is 0 Å². The van der Waals surface area contributed by atoms with Gasteiger partial charge >= 0.3 is 0 Å². The molecule has 0 radical (unpaired) electrons. The molecule has 0 saturated heterocycles. The molecule has 0 aliphatic carbocycles. The van der Waals surface area contributed by atoms with Crippen LogP contribution in [0, 0.1) is 0 Å². The molecule has 1 aromatic rings. The van der Waals surface area contributed by atoms with Gasteiger partial charge in [-0.25, -0.2) is 0 Å². The van der Waals surface area contributed by atoms with E-state index in [9.17, 15) is 8.78 Å². The molecular formula is C8H10F2NP. The van der Waals surface area contributed by atoms with Gasteiger partial charge in [-0.2, -0.15) is 8.78 Å². The van der Waals surface area contributed by atoms with Gasteiger partial charge in [0.25, 0.3) is 5.66 Å². The second kappa shape index (κ2) is 3.46. The van der Waals surface area contributed by atoms with E-state index >= 15 is 0 Å². The number of alkyl halides is 2. The van der Waals surface area contributed by atoms with Gasteiger partial charge in [-0.05, 0) is 5.56 Å². The lowest BCUT2D eigenvalue weighted by Gasteiger charge is -2.10. The Morgan fingerprint density at radius 3 is 2.08 bits per heavy atom. The molecule has 1 rings (SSSR count). The molecule has 0 saturated carbocycles. The summed E-state index contributed by atoms with van der Waals surface area (Å²) >= 11 is 0. The number of benzene rings is 1. The quantitative estimate of drug-likeness (QED) is 0.708. The molecule has 0 aliphatic heterocycles. The van der Waals surface area contributed by atoms with Crippen LogP contribution in [0.3, 0.4) is 0 Å². The zero-order valence-corrected chi connectivity index (χ0v) is 7.58. The fourth-order valence-corrected chi connectivity index (χ4v) is 1.06. The van der Waals surface area contributed by atoms with E-state index in [1.54, 1.807) is 12.1 Å². The standard InChI is InChI=1S/C8H10F2NP/c9-8(10,12)7-3-1-6(5-11)2-4-7/h1-4H,5,11-12H2. The molecule has 1 nitrogen and oxygen atoms in total. The molecule has 0 spiro atoms. The first-order chi connectivity index (χ1) is 5.54. The van der Waals surface area contributed by atoms with Crippen molar-refractivity contribution in [3.05, 3.63) is 35.4 Å². The van der Waals surface area contributed by atoms with Crippen molar-refractivity contribution in [2.24, 2.45) is 5.73 Å². The van der Waals surface area contributed by atoms with E-state index < -0.39 is 5.66 Å². The van der Waals surface area contributed by atoms with E-state index in [1.165, 1.54) is 21.4 Å². The fraction of sp³-hybridized carbons (Fsp3) is 0.250. The number of hydrogen-bond acceptors (Lipinski definition) is 1. The van der Waals surface area contributed by atoms with Crippen LogP contribution >= 0.6 is 9.24 Å². The molecule has 1 aromatic carbocycles. The van der Waals surface area contributed by atoms with Crippen LogP contribution in [0.1, 0.15) is 11.1 Å². The van der Waals surface area contributed by atoms with E-state index in [0.717, 1.165) is 5.56 Å². The Hall–Kier alpha value is -0.530. The zero-order chi connectivity index (χ0) is 9.19. The molecule has 0 aromatic heterocycles. The highest BCUT2D eigenvalue weighted by Gasteiger charge is 2.23. The number of nitrogens with two attached hydrogens (primary N) is 1. The van der Waals surface area contributed by atoms with Crippen LogP contribution in [-0.2, 0) is 12.2 Å². The van der Waals surface area contributed by atoms with E-state index in [-0.39, 0.29) is 5.56 Å². The third-order valence-electron chi connectivity index (χ3n) is 1.57. The third-order valence-corrected chi connectivity index (χ3v) is 1.91. The van der Waals surface area contributed by atoms with E-state index in [4.69, 9.17) is 5.73 Å². The first kappa shape index (κ1) is 9.56. The first-order valence-corrected chi connectivity index (χ1v) is 4.08. The van der Waals surface area contributed by atoms with Gasteiger partial charge in [-0.3, -0.25) is 0 Å². The Morgan fingerprint density at radius 1 is 1.25 bits per heavy atom. The second-order valence-electron chi connectivity index (χ2n) is 2.52. The SMILES string of the molecule is NCc1ccc(C(F)(F)P)cc1. The Balaban J connectivity index is 2.93. The molecule has 0 heterocycles. The fourth-order valence-electron chi connectivity index (χ4n) is 0.863. The predicted octanol–water partition coefficient (Wildman–Crippen LogP) is 2.07. The largest absolute Gasteiger partial charge is 0.326 e. The van der Waals surface area contributed by atoms with Gasteiger partial charge in [-0.15, -0.1) is 0 Å². The number of rotatable bonds is 2. The molecule has 2 N–H and O–H groups in total. The van der Waals surface area contributed by atoms with Gasteiger partial charge in [0.15, 0.2) is 0 Å². The third kappa shape index (κ3) is 2.23. The van der Waals surface area contributed by atoms with E-state index in [0.29, 0.717) is 6.54 Å². The Bertz CT molecular complexity index is 253. The smallest absolute Gasteiger partial charge is 0.283 e. The van der Waals surface area contributed by atoms with E-state index in [1.807, 2.05) is 0 Å². The molecule has 0 bridgehead atoms. The van der Waals surface area contributed by atoms with Crippen LogP contribution in [0.25, 0.3) is 0 Å². The summed E-state index contributed by atoms with van der Waals surface area (Å²) < 4.78 is 25.2. The van der Waals surface area contributed by atoms with E-state index in [2.05, 4.69) is 0 Å². The normalized spacial score (nSPS) is 11.7. The maximum Gasteiger partial charge on any atom is 0.283 e. The summed E-state index contributed by atoms with van der Waals surface area (Å²) in [5, 5.41) is 0. The lowest BCUT2D eigenvalue weighted by molar-refractivity contribution is 0.104. The highest BCUT2D eigenvalue weighted by Crippen LogP contribution is 2.34. The van der Waals surface area contributed by atoms with Gasteiger partial charge < -0.3 is 5.73 Å². The van der Waals surface area contributed by atoms with Crippen molar-refractivity contribution < 1.29 is 8.78 Å². The summed E-state index contributed by atoms with van der Waals surface area (Å²) in [6.45, 7) is 0.378. The molecule has 0 amide bonds. The minimum absolute atomic E-state index is 0.00954. The summed E-state index contributed by atoms with van der Waals surface area (Å²) in [5.74, 6) is 0. The monoisotopic (exact) mass is 189 g/mol. The van der Waals surface area contributed by atoms with Crippen molar-refractivity contribution >= 4 is 9.24 Å². The maximum absolute atomic E-state index is 12.6. The van der Waals surface area contributed by atoms with Crippen LogP contribution in [0.2, 0.25) is 0 Å². The van der Waals surface area contributed by atoms with Crippen molar-refractivity contribution in [2.75, 3.05) is 0 Å². The van der Waals surface area contributed by atoms with Crippen LogP contribution in [0.15, 0.2) is 24.3 Å². The van der Waals surface area contributed by atoms with Crippen molar-refractivity contribution in [1.82, 2.24) is 0 Å². The zero-order valence-electron chi connectivity index (χ0n) is 6.43. The molecule has 0 fully saturated rings. The first-order valence-electron chi connectivity index (χ1n) is 3.50. The van der Waals surface area contributed by atoms with Crippen molar-refractivity contribution in [3.8, 4) is 0 Å². The van der Waals surface area contributed by atoms with Gasteiger partial charge in [0.1, 0.15) is 0 Å². The lowest BCUT2D eigenvalue weighted by Crippen LogP contribution is -2.03. The lowest BCUT2D eigenvalue weighted by atomic mass is 10.1. The highest BCUT2D eigenvalue weighted by molar-refractivity contribution is 7.17. The topological polar surface area (TPSA) is 26.0 Å². The molecule has 4 heteroatoms. The van der Waals surface area contributed by atoms with Crippen molar-refractivity contribution in [1.29, 1.82) is 0 Å². The molecule has 1 atom stereocenters. The summed E-state index contributed by atoms with van der Waals surface area (Å²) in [7, 11) is 1.50. The van der Waals surface area contributed by atoms with Gasteiger partial charge in [0.2, 0.25) is 0 Å². The molecular weight excluding hydrogens is 179 g/mol. The molecule has 1 unspecified atom stereocenters. The number of halogens is 2. The van der Waals surface area contributed by atoms with Gasteiger partial charge in [-0.1, -0.05) is 33.5 Å². The summed E-state index contributed by atoms with van der Waals surface area (Å²) in [6, 6.07) is 5.98. The van der Waals surface area contributed by atoms with Gasteiger partial charge in [0.05, 0.1) is 0 Å². The maximum atomic E-state index is 12.6. The van der Waals surface area contributed by atoms with Crippen LogP contribution in [0.4, 0.5) is 8.78 Å². The average molecular weight is 189 g/mol. The Kier molecular flexibility index (Phi) is 2.76. The summed E-state index contributed by atoms with van der Waals surface area (Å²) in [6.07, 6.45) is 0. The van der Waals surface area contributed by atoms with Crippen LogP contribution in [0.5, 0.6) is 0 Å². The minimum Gasteiger partial charge on any atom is -0.326 e. The molecule has 66 valence electrons. The molecule has 12 heavy (non-hydrogen) atoms. The van der Waals surface area contributed by atoms with Crippen LogP contribution < -0.4 is 5.73 Å². The highest BCUT2D eigenvalue weighted by atomic mass is 31.0. The second-order valence-corrected chi connectivity index (χ2v) is 3.25. The predicted molar refractivity (Wildman–Crippen MR) is 47.9 cm³/mol.